The molecule has 0 fully saturated rings. The van der Waals surface area contributed by atoms with Gasteiger partial charge in [0.1, 0.15) is 0 Å². The van der Waals surface area contributed by atoms with Crippen LogP contribution in [0.25, 0.3) is 11.1 Å². The Bertz CT molecular complexity index is 524. The van der Waals surface area contributed by atoms with Gasteiger partial charge in [0.2, 0.25) is 0 Å². The molecule has 98 valence electrons. The number of nitrogens with one attached hydrogen (secondary N) is 2. The van der Waals surface area contributed by atoms with E-state index >= 15 is 0 Å². The van der Waals surface area contributed by atoms with Gasteiger partial charge in [0, 0.05) is 12.2 Å². The van der Waals surface area contributed by atoms with E-state index in [9.17, 15) is 4.79 Å². The quantitative estimate of drug-likeness (QED) is 0.787. The molecular formula is C15H16N2O2. The summed E-state index contributed by atoms with van der Waals surface area (Å²) < 4.78 is 0. The molecule has 2 aromatic rings. The lowest BCUT2D eigenvalue weighted by atomic mass is 10.1. The average Bonchev–Trinajstić information content (AvgIpc) is 2.47. The number of amides is 2. The molecule has 0 saturated heterocycles. The Morgan fingerprint density at radius 3 is 2.21 bits per heavy atom. The van der Waals surface area contributed by atoms with Crippen LogP contribution in [-0.4, -0.2) is 24.3 Å². The van der Waals surface area contributed by atoms with Gasteiger partial charge in [-0.15, -0.1) is 0 Å². The number of urea groups is 1. The van der Waals surface area contributed by atoms with Crippen molar-refractivity contribution in [2.45, 2.75) is 0 Å². The Hall–Kier alpha value is -2.33. The molecule has 0 bridgehead atoms. The lowest BCUT2D eigenvalue weighted by Gasteiger charge is -2.07. The fraction of sp³-hybridized carbons (Fsp3) is 0.133. The maximum atomic E-state index is 11.4. The molecule has 0 spiro atoms. The zero-order valence-corrected chi connectivity index (χ0v) is 10.5. The van der Waals surface area contributed by atoms with Gasteiger partial charge in [0.15, 0.2) is 0 Å². The van der Waals surface area contributed by atoms with Crippen molar-refractivity contribution in [2.75, 3.05) is 18.5 Å². The molecule has 0 atom stereocenters. The van der Waals surface area contributed by atoms with Crippen LogP contribution in [0, 0.1) is 0 Å². The second kappa shape index (κ2) is 6.56. The van der Waals surface area contributed by atoms with E-state index in [0.29, 0.717) is 0 Å². The highest BCUT2D eigenvalue weighted by Crippen LogP contribution is 2.20. The van der Waals surface area contributed by atoms with Gasteiger partial charge in [-0.05, 0) is 23.3 Å². The summed E-state index contributed by atoms with van der Waals surface area (Å²) in [6.45, 7) is 0.175. The molecule has 2 rings (SSSR count). The standard InChI is InChI=1S/C15H16N2O2/c18-11-10-16-15(19)17-14-8-6-13(7-9-14)12-4-2-1-3-5-12/h1-9,18H,10-11H2,(H2,16,17,19). The first-order valence-electron chi connectivity index (χ1n) is 6.11. The van der Waals surface area contributed by atoms with E-state index in [1.54, 1.807) is 0 Å². The lowest BCUT2D eigenvalue weighted by Crippen LogP contribution is -2.30. The van der Waals surface area contributed by atoms with Gasteiger partial charge in [-0.1, -0.05) is 42.5 Å². The average molecular weight is 256 g/mol. The number of carbonyl (C=O) groups excluding carboxylic acids is 1. The minimum atomic E-state index is -0.318. The Balaban J connectivity index is 2.01. The van der Waals surface area contributed by atoms with E-state index in [4.69, 9.17) is 5.11 Å². The molecule has 2 amide bonds. The summed E-state index contributed by atoms with van der Waals surface area (Å²) in [5.41, 5.74) is 2.95. The highest BCUT2D eigenvalue weighted by molar-refractivity contribution is 5.89. The number of aliphatic hydroxyl groups excluding tert-OH is 1. The third-order valence-corrected chi connectivity index (χ3v) is 2.65. The number of hydrogen-bond acceptors (Lipinski definition) is 2. The van der Waals surface area contributed by atoms with Crippen LogP contribution >= 0.6 is 0 Å². The number of carbonyl (C=O) groups is 1. The monoisotopic (exact) mass is 256 g/mol. The normalized spacial score (nSPS) is 9.95. The van der Waals surface area contributed by atoms with Crippen LogP contribution < -0.4 is 10.6 Å². The summed E-state index contributed by atoms with van der Waals surface area (Å²) in [6, 6.07) is 17.3. The molecule has 4 heteroatoms. The summed E-state index contributed by atoms with van der Waals surface area (Å²) in [7, 11) is 0. The maximum Gasteiger partial charge on any atom is 0.319 e. The van der Waals surface area contributed by atoms with Crippen molar-refractivity contribution < 1.29 is 9.90 Å². The van der Waals surface area contributed by atoms with Gasteiger partial charge in [-0.25, -0.2) is 4.79 Å². The molecule has 3 N–H and O–H groups in total. The molecular weight excluding hydrogens is 240 g/mol. The molecule has 0 heterocycles. The summed E-state index contributed by atoms with van der Waals surface area (Å²) in [6.07, 6.45) is 0. The minimum Gasteiger partial charge on any atom is -0.395 e. The van der Waals surface area contributed by atoms with Gasteiger partial charge >= 0.3 is 6.03 Å². The molecule has 19 heavy (non-hydrogen) atoms. The van der Waals surface area contributed by atoms with E-state index in [1.807, 2.05) is 54.6 Å². The van der Waals surface area contributed by atoms with Crippen molar-refractivity contribution >= 4 is 11.7 Å². The van der Waals surface area contributed by atoms with Crippen LogP contribution in [0.15, 0.2) is 54.6 Å². The predicted molar refractivity (Wildman–Crippen MR) is 76.0 cm³/mol. The van der Waals surface area contributed by atoms with Gasteiger partial charge in [0.05, 0.1) is 6.61 Å². The van der Waals surface area contributed by atoms with Crippen LogP contribution in [-0.2, 0) is 0 Å². The van der Waals surface area contributed by atoms with Gasteiger partial charge in [0.25, 0.3) is 0 Å². The molecule has 0 unspecified atom stereocenters. The van der Waals surface area contributed by atoms with Crippen molar-refractivity contribution in [3.63, 3.8) is 0 Å². The SMILES string of the molecule is O=C(NCCO)Nc1ccc(-c2ccccc2)cc1. The van der Waals surface area contributed by atoms with Crippen LogP contribution in [0.3, 0.4) is 0 Å². The highest BCUT2D eigenvalue weighted by Gasteiger charge is 2.01. The predicted octanol–water partition coefficient (Wildman–Crippen LogP) is 2.47. The van der Waals surface area contributed by atoms with Crippen molar-refractivity contribution in [3.05, 3.63) is 54.6 Å². The second-order valence-corrected chi connectivity index (χ2v) is 4.05. The molecule has 0 aliphatic heterocycles. The summed E-state index contributed by atoms with van der Waals surface area (Å²) in [4.78, 5) is 11.4. The first-order valence-corrected chi connectivity index (χ1v) is 6.11. The molecule has 0 saturated carbocycles. The first-order chi connectivity index (χ1) is 9.29. The fourth-order valence-corrected chi connectivity index (χ4v) is 1.72. The zero-order chi connectivity index (χ0) is 13.5. The van der Waals surface area contributed by atoms with Crippen molar-refractivity contribution in [2.24, 2.45) is 0 Å². The van der Waals surface area contributed by atoms with E-state index < -0.39 is 0 Å². The molecule has 0 aliphatic rings. The number of aliphatic hydroxyl groups is 1. The third-order valence-electron chi connectivity index (χ3n) is 2.65. The van der Waals surface area contributed by atoms with Crippen LogP contribution in [0.2, 0.25) is 0 Å². The Labute approximate surface area is 112 Å². The van der Waals surface area contributed by atoms with Crippen LogP contribution in [0.1, 0.15) is 0 Å². The van der Waals surface area contributed by atoms with Crippen molar-refractivity contribution in [1.29, 1.82) is 0 Å². The highest BCUT2D eigenvalue weighted by atomic mass is 16.3. The fourth-order valence-electron chi connectivity index (χ4n) is 1.72. The Kier molecular flexibility index (Phi) is 4.53. The largest absolute Gasteiger partial charge is 0.395 e. The first kappa shape index (κ1) is 13.1. The van der Waals surface area contributed by atoms with Gasteiger partial charge in [-0.3, -0.25) is 0 Å². The Morgan fingerprint density at radius 2 is 1.58 bits per heavy atom. The Morgan fingerprint density at radius 1 is 0.947 bits per heavy atom. The molecule has 0 aromatic heterocycles. The summed E-state index contributed by atoms with van der Waals surface area (Å²) in [5.74, 6) is 0. The smallest absolute Gasteiger partial charge is 0.319 e. The van der Waals surface area contributed by atoms with Crippen LogP contribution in [0.4, 0.5) is 10.5 Å². The van der Waals surface area contributed by atoms with E-state index in [-0.39, 0.29) is 19.2 Å². The molecule has 4 nitrogen and oxygen atoms in total. The lowest BCUT2D eigenvalue weighted by molar-refractivity contribution is 0.245. The third kappa shape index (κ3) is 3.82. The second-order valence-electron chi connectivity index (χ2n) is 4.05. The van der Waals surface area contributed by atoms with E-state index in [2.05, 4.69) is 10.6 Å². The van der Waals surface area contributed by atoms with E-state index in [0.717, 1.165) is 16.8 Å². The molecule has 2 aromatic carbocycles. The molecule has 0 aliphatic carbocycles. The number of hydrogen-bond donors (Lipinski definition) is 3. The van der Waals surface area contributed by atoms with Gasteiger partial charge in [-0.2, -0.15) is 0 Å². The molecule has 0 radical (unpaired) electrons. The number of benzene rings is 2. The van der Waals surface area contributed by atoms with Crippen molar-refractivity contribution in [1.82, 2.24) is 5.32 Å². The van der Waals surface area contributed by atoms with Crippen LogP contribution in [0.5, 0.6) is 0 Å². The zero-order valence-electron chi connectivity index (χ0n) is 10.5. The topological polar surface area (TPSA) is 61.4 Å². The van der Waals surface area contributed by atoms with Gasteiger partial charge < -0.3 is 15.7 Å². The number of rotatable bonds is 4. The maximum absolute atomic E-state index is 11.4. The van der Waals surface area contributed by atoms with E-state index in [1.165, 1.54) is 0 Å². The number of anilines is 1. The minimum absolute atomic E-state index is 0.0691. The summed E-state index contributed by atoms with van der Waals surface area (Å²) >= 11 is 0. The van der Waals surface area contributed by atoms with Crippen molar-refractivity contribution in [3.8, 4) is 11.1 Å². The summed E-state index contributed by atoms with van der Waals surface area (Å²) in [5, 5.41) is 13.8.